The van der Waals surface area contributed by atoms with Crippen molar-refractivity contribution in [1.29, 1.82) is 0 Å². The first-order valence-corrected chi connectivity index (χ1v) is 5.22. The van der Waals surface area contributed by atoms with Crippen molar-refractivity contribution in [2.45, 2.75) is 37.2 Å². The average Bonchev–Trinajstić information content (AvgIpc) is 2.30. The van der Waals surface area contributed by atoms with Crippen LogP contribution in [0.15, 0.2) is 12.4 Å². The summed E-state index contributed by atoms with van der Waals surface area (Å²) < 4.78 is 2.18. The predicted octanol–water partition coefficient (Wildman–Crippen LogP) is 3.13. The SMILES string of the molecule is CC(C)n1cc(C(C)(C)I)cn1. The number of aromatic nitrogens is 2. The summed E-state index contributed by atoms with van der Waals surface area (Å²) >= 11 is 2.43. The first kappa shape index (κ1) is 10.0. The molecule has 1 aromatic heterocycles. The summed E-state index contributed by atoms with van der Waals surface area (Å²) in [6.45, 7) is 8.65. The van der Waals surface area contributed by atoms with Gasteiger partial charge in [0.15, 0.2) is 0 Å². The maximum atomic E-state index is 4.29. The minimum Gasteiger partial charge on any atom is -0.270 e. The van der Waals surface area contributed by atoms with E-state index in [9.17, 15) is 0 Å². The number of nitrogens with zero attached hydrogens (tertiary/aromatic N) is 2. The van der Waals surface area contributed by atoms with Gasteiger partial charge in [-0.3, -0.25) is 4.68 Å². The van der Waals surface area contributed by atoms with Crippen LogP contribution in [0.2, 0.25) is 0 Å². The molecule has 0 fully saturated rings. The van der Waals surface area contributed by atoms with Gasteiger partial charge in [0.25, 0.3) is 0 Å². The van der Waals surface area contributed by atoms with Gasteiger partial charge in [-0.15, -0.1) is 0 Å². The lowest BCUT2D eigenvalue weighted by Gasteiger charge is -2.13. The molecule has 0 radical (unpaired) electrons. The van der Waals surface area contributed by atoms with Gasteiger partial charge in [-0.25, -0.2) is 0 Å². The van der Waals surface area contributed by atoms with Crippen molar-refractivity contribution in [3.05, 3.63) is 18.0 Å². The molecule has 1 rings (SSSR count). The molecule has 0 saturated heterocycles. The summed E-state index contributed by atoms with van der Waals surface area (Å²) in [5.74, 6) is 0. The van der Waals surface area contributed by atoms with Gasteiger partial charge < -0.3 is 0 Å². The number of alkyl halides is 1. The molecule has 0 atom stereocenters. The van der Waals surface area contributed by atoms with E-state index in [0.29, 0.717) is 6.04 Å². The van der Waals surface area contributed by atoms with E-state index in [1.165, 1.54) is 5.56 Å². The van der Waals surface area contributed by atoms with E-state index in [-0.39, 0.29) is 3.42 Å². The summed E-state index contributed by atoms with van der Waals surface area (Å²) in [6, 6.07) is 0.456. The number of hydrogen-bond donors (Lipinski definition) is 0. The van der Waals surface area contributed by atoms with Crippen LogP contribution in [-0.2, 0) is 3.42 Å². The quantitative estimate of drug-likeness (QED) is 0.600. The predicted molar refractivity (Wildman–Crippen MR) is 59.7 cm³/mol. The minimum atomic E-state index is 0.185. The highest BCUT2D eigenvalue weighted by atomic mass is 127. The Morgan fingerprint density at radius 3 is 2.33 bits per heavy atom. The second-order valence-corrected chi connectivity index (χ2v) is 6.47. The average molecular weight is 278 g/mol. The fourth-order valence-electron chi connectivity index (χ4n) is 0.927. The van der Waals surface area contributed by atoms with Crippen molar-refractivity contribution >= 4 is 22.6 Å². The monoisotopic (exact) mass is 278 g/mol. The molecule has 3 heteroatoms. The number of hydrogen-bond acceptors (Lipinski definition) is 1. The van der Waals surface area contributed by atoms with Crippen LogP contribution in [0.3, 0.4) is 0 Å². The van der Waals surface area contributed by atoms with Crippen LogP contribution >= 0.6 is 22.6 Å². The van der Waals surface area contributed by atoms with Crippen LogP contribution in [0.1, 0.15) is 39.3 Å². The fourth-order valence-corrected chi connectivity index (χ4v) is 1.21. The molecule has 0 aromatic carbocycles. The second-order valence-electron chi connectivity index (χ2n) is 3.78. The third-order valence-corrected chi connectivity index (χ3v) is 2.44. The lowest BCUT2D eigenvalue weighted by molar-refractivity contribution is 0.531. The molecule has 0 bridgehead atoms. The van der Waals surface area contributed by atoms with Gasteiger partial charge in [0, 0.05) is 21.2 Å². The van der Waals surface area contributed by atoms with Crippen molar-refractivity contribution < 1.29 is 0 Å². The highest BCUT2D eigenvalue weighted by Gasteiger charge is 2.17. The van der Waals surface area contributed by atoms with Gasteiger partial charge in [-0.05, 0) is 27.7 Å². The van der Waals surface area contributed by atoms with Gasteiger partial charge in [-0.1, -0.05) is 22.6 Å². The van der Waals surface area contributed by atoms with E-state index in [2.05, 4.69) is 61.6 Å². The van der Waals surface area contributed by atoms with Crippen LogP contribution in [0.25, 0.3) is 0 Å². The minimum absolute atomic E-state index is 0.185. The maximum absolute atomic E-state index is 4.29. The number of halogens is 1. The summed E-state index contributed by atoms with van der Waals surface area (Å²) in [6.07, 6.45) is 4.07. The normalized spacial score (nSPS) is 12.5. The zero-order valence-corrected chi connectivity index (χ0v) is 10.2. The summed E-state index contributed by atoms with van der Waals surface area (Å²) in [5, 5.41) is 4.29. The van der Waals surface area contributed by atoms with E-state index >= 15 is 0 Å². The summed E-state index contributed by atoms with van der Waals surface area (Å²) in [7, 11) is 0. The van der Waals surface area contributed by atoms with Crippen LogP contribution in [0, 0.1) is 0 Å². The Bertz CT molecular complexity index is 258. The third kappa shape index (κ3) is 2.21. The smallest absolute Gasteiger partial charge is 0.0535 e. The molecule has 0 amide bonds. The molecule has 0 saturated carbocycles. The van der Waals surface area contributed by atoms with Gasteiger partial charge >= 0.3 is 0 Å². The maximum Gasteiger partial charge on any atom is 0.0535 e. The van der Waals surface area contributed by atoms with E-state index in [1.54, 1.807) is 0 Å². The molecule has 1 heterocycles. The van der Waals surface area contributed by atoms with Crippen molar-refractivity contribution in [2.75, 3.05) is 0 Å². The molecular formula is C9H15IN2. The highest BCUT2D eigenvalue weighted by molar-refractivity contribution is 14.1. The third-order valence-electron chi connectivity index (χ3n) is 1.82. The van der Waals surface area contributed by atoms with Gasteiger partial charge in [0.2, 0.25) is 0 Å². The molecule has 12 heavy (non-hydrogen) atoms. The molecule has 68 valence electrons. The Morgan fingerprint density at radius 1 is 1.50 bits per heavy atom. The van der Waals surface area contributed by atoms with Crippen molar-refractivity contribution in [3.63, 3.8) is 0 Å². The van der Waals surface area contributed by atoms with Gasteiger partial charge in [0.05, 0.1) is 6.20 Å². The van der Waals surface area contributed by atoms with E-state index in [4.69, 9.17) is 0 Å². The Labute approximate surface area is 87.5 Å². The topological polar surface area (TPSA) is 17.8 Å². The first-order chi connectivity index (χ1) is 5.41. The standard InChI is InChI=1S/C9H15IN2/c1-7(2)12-6-8(5-11-12)9(3,4)10/h5-7H,1-4H3. The van der Waals surface area contributed by atoms with Crippen LogP contribution < -0.4 is 0 Å². The molecule has 0 N–H and O–H groups in total. The van der Waals surface area contributed by atoms with Crippen LogP contribution in [-0.4, -0.2) is 9.78 Å². The van der Waals surface area contributed by atoms with Crippen molar-refractivity contribution in [2.24, 2.45) is 0 Å². The van der Waals surface area contributed by atoms with Crippen molar-refractivity contribution in [3.8, 4) is 0 Å². The Morgan fingerprint density at radius 2 is 2.08 bits per heavy atom. The molecule has 2 nitrogen and oxygen atoms in total. The second kappa shape index (κ2) is 3.36. The molecule has 0 aliphatic carbocycles. The van der Waals surface area contributed by atoms with Gasteiger partial charge in [-0.2, -0.15) is 5.10 Å². The molecule has 0 aliphatic heterocycles. The zero-order valence-electron chi connectivity index (χ0n) is 8.00. The summed E-state index contributed by atoms with van der Waals surface area (Å²) in [5.41, 5.74) is 1.29. The van der Waals surface area contributed by atoms with Crippen LogP contribution in [0.5, 0.6) is 0 Å². The largest absolute Gasteiger partial charge is 0.270 e. The fraction of sp³-hybridized carbons (Fsp3) is 0.667. The molecule has 1 aromatic rings. The molecule has 0 aliphatic rings. The summed E-state index contributed by atoms with van der Waals surface area (Å²) in [4.78, 5) is 0. The Balaban J connectivity index is 2.92. The lowest BCUT2D eigenvalue weighted by atomic mass is 10.1. The number of rotatable bonds is 2. The lowest BCUT2D eigenvalue weighted by Crippen LogP contribution is -2.05. The molecule has 0 spiro atoms. The van der Waals surface area contributed by atoms with E-state index in [0.717, 1.165) is 0 Å². The highest BCUT2D eigenvalue weighted by Crippen LogP contribution is 2.30. The van der Waals surface area contributed by atoms with Gasteiger partial charge in [0.1, 0.15) is 0 Å². The molecule has 0 unspecified atom stereocenters. The van der Waals surface area contributed by atoms with E-state index < -0.39 is 0 Å². The van der Waals surface area contributed by atoms with E-state index in [1.807, 2.05) is 10.9 Å². The Hall–Kier alpha value is -0.0600. The van der Waals surface area contributed by atoms with Crippen LogP contribution in [0.4, 0.5) is 0 Å². The van der Waals surface area contributed by atoms with Crippen molar-refractivity contribution in [1.82, 2.24) is 9.78 Å². The first-order valence-electron chi connectivity index (χ1n) is 4.15. The zero-order chi connectivity index (χ0) is 9.35. The molecular weight excluding hydrogens is 263 g/mol. The Kier molecular flexibility index (Phi) is 2.81.